The van der Waals surface area contributed by atoms with Crippen molar-refractivity contribution in [3.8, 4) is 0 Å². The first-order valence-corrected chi connectivity index (χ1v) is 4.94. The molecule has 0 aliphatic heterocycles. The highest BCUT2D eigenvalue weighted by molar-refractivity contribution is 7.99. The molecule has 0 aliphatic rings. The van der Waals surface area contributed by atoms with Gasteiger partial charge in [0.1, 0.15) is 0 Å². The average Bonchev–Trinajstić information content (AvgIpc) is 1.98. The Hall–Kier alpha value is 0.0500. The molecule has 0 radical (unpaired) electrons. The van der Waals surface area contributed by atoms with E-state index in [-0.39, 0.29) is 0 Å². The van der Waals surface area contributed by atoms with Crippen LogP contribution in [0.1, 0.15) is 13.8 Å². The van der Waals surface area contributed by atoms with Crippen LogP contribution in [0.2, 0.25) is 0 Å². The summed E-state index contributed by atoms with van der Waals surface area (Å²) in [6, 6.07) is 0.495. The Morgan fingerprint density at radius 2 is 2.30 bits per heavy atom. The Balaban J connectivity index is 3.29. The molecule has 0 saturated heterocycles. The molecule has 0 spiro atoms. The van der Waals surface area contributed by atoms with Gasteiger partial charge in [-0.15, -0.1) is 6.58 Å². The molecule has 0 saturated carbocycles. The first-order valence-electron chi connectivity index (χ1n) is 3.78. The number of likely N-dealkylation sites (N-methyl/N-ethyl adjacent to an activating group) is 1. The van der Waals surface area contributed by atoms with Crippen molar-refractivity contribution in [2.75, 3.05) is 18.1 Å². The monoisotopic (exact) mass is 159 g/mol. The quantitative estimate of drug-likeness (QED) is 0.594. The molecule has 1 unspecified atom stereocenters. The minimum absolute atomic E-state index is 0.495. The minimum Gasteiger partial charge on any atom is -0.310 e. The SMILES string of the molecule is C=CC(CSCC)NCC. The molecule has 60 valence electrons. The van der Waals surface area contributed by atoms with Crippen molar-refractivity contribution in [1.29, 1.82) is 0 Å². The van der Waals surface area contributed by atoms with E-state index >= 15 is 0 Å². The fourth-order valence-corrected chi connectivity index (χ4v) is 1.46. The summed E-state index contributed by atoms with van der Waals surface area (Å²) in [6.07, 6.45) is 1.98. The van der Waals surface area contributed by atoms with Crippen LogP contribution < -0.4 is 5.32 Å². The summed E-state index contributed by atoms with van der Waals surface area (Å²) in [5.74, 6) is 2.34. The number of rotatable bonds is 6. The maximum absolute atomic E-state index is 3.76. The third-order valence-electron chi connectivity index (χ3n) is 1.25. The van der Waals surface area contributed by atoms with Crippen LogP contribution in [0.15, 0.2) is 12.7 Å². The molecule has 10 heavy (non-hydrogen) atoms. The maximum atomic E-state index is 3.76. The van der Waals surface area contributed by atoms with Crippen LogP contribution in [-0.2, 0) is 0 Å². The molecule has 1 nitrogen and oxygen atoms in total. The lowest BCUT2D eigenvalue weighted by Gasteiger charge is -2.11. The molecule has 0 aromatic rings. The van der Waals surface area contributed by atoms with Gasteiger partial charge in [-0.25, -0.2) is 0 Å². The van der Waals surface area contributed by atoms with Gasteiger partial charge in [0.2, 0.25) is 0 Å². The Labute approximate surface area is 68.3 Å². The van der Waals surface area contributed by atoms with Crippen LogP contribution in [0.25, 0.3) is 0 Å². The third-order valence-corrected chi connectivity index (χ3v) is 2.26. The predicted octanol–water partition coefficient (Wildman–Crippen LogP) is 1.90. The summed E-state index contributed by atoms with van der Waals surface area (Å²) < 4.78 is 0. The molecule has 0 bridgehead atoms. The second kappa shape index (κ2) is 7.16. The topological polar surface area (TPSA) is 12.0 Å². The van der Waals surface area contributed by atoms with Gasteiger partial charge in [-0.1, -0.05) is 19.9 Å². The summed E-state index contributed by atoms with van der Waals surface area (Å²) in [5.41, 5.74) is 0. The molecule has 0 aromatic heterocycles. The van der Waals surface area contributed by atoms with Crippen molar-refractivity contribution in [3.05, 3.63) is 12.7 Å². The standard InChI is InChI=1S/C8H17NS/c1-4-8(9-5-2)7-10-6-3/h4,8-9H,1,5-7H2,2-3H3. The van der Waals surface area contributed by atoms with Gasteiger partial charge in [0, 0.05) is 11.8 Å². The van der Waals surface area contributed by atoms with E-state index in [1.54, 1.807) is 0 Å². The number of hydrogen-bond acceptors (Lipinski definition) is 2. The highest BCUT2D eigenvalue weighted by atomic mass is 32.2. The molecular formula is C8H17NS. The summed E-state index contributed by atoms with van der Waals surface area (Å²) >= 11 is 1.95. The Morgan fingerprint density at radius 1 is 1.60 bits per heavy atom. The Bertz CT molecular complexity index is 83.3. The van der Waals surface area contributed by atoms with Crippen molar-refractivity contribution in [3.63, 3.8) is 0 Å². The van der Waals surface area contributed by atoms with E-state index in [4.69, 9.17) is 0 Å². The first kappa shape index (κ1) is 10.0. The van der Waals surface area contributed by atoms with Crippen LogP contribution >= 0.6 is 11.8 Å². The van der Waals surface area contributed by atoms with Gasteiger partial charge in [0.25, 0.3) is 0 Å². The van der Waals surface area contributed by atoms with E-state index < -0.39 is 0 Å². The van der Waals surface area contributed by atoms with Crippen molar-refractivity contribution in [2.24, 2.45) is 0 Å². The van der Waals surface area contributed by atoms with Crippen LogP contribution in [-0.4, -0.2) is 24.1 Å². The summed E-state index contributed by atoms with van der Waals surface area (Å²) in [5, 5.41) is 3.33. The lowest BCUT2D eigenvalue weighted by Crippen LogP contribution is -2.28. The lowest BCUT2D eigenvalue weighted by molar-refractivity contribution is 0.669. The molecule has 0 heterocycles. The zero-order valence-corrected chi connectivity index (χ0v) is 7.71. The highest BCUT2D eigenvalue weighted by Crippen LogP contribution is 2.01. The lowest BCUT2D eigenvalue weighted by atomic mass is 10.3. The van der Waals surface area contributed by atoms with Crippen LogP contribution in [0, 0.1) is 0 Å². The molecule has 0 rings (SSSR count). The van der Waals surface area contributed by atoms with E-state index in [9.17, 15) is 0 Å². The Kier molecular flexibility index (Phi) is 7.20. The second-order valence-corrected chi connectivity index (χ2v) is 3.38. The van der Waals surface area contributed by atoms with E-state index in [1.807, 2.05) is 17.8 Å². The summed E-state index contributed by atoms with van der Waals surface area (Å²) in [6.45, 7) is 9.08. The average molecular weight is 159 g/mol. The fourth-order valence-electron chi connectivity index (χ4n) is 0.717. The van der Waals surface area contributed by atoms with Gasteiger partial charge in [0.05, 0.1) is 0 Å². The van der Waals surface area contributed by atoms with Crippen molar-refractivity contribution in [1.82, 2.24) is 5.32 Å². The zero-order valence-electron chi connectivity index (χ0n) is 6.89. The Morgan fingerprint density at radius 3 is 2.70 bits per heavy atom. The van der Waals surface area contributed by atoms with E-state index in [0.29, 0.717) is 6.04 Å². The smallest absolute Gasteiger partial charge is 0.0338 e. The molecule has 0 amide bonds. The second-order valence-electron chi connectivity index (χ2n) is 2.06. The molecule has 2 heteroatoms. The van der Waals surface area contributed by atoms with Gasteiger partial charge in [0.15, 0.2) is 0 Å². The number of thioether (sulfide) groups is 1. The van der Waals surface area contributed by atoms with Crippen LogP contribution in [0.3, 0.4) is 0 Å². The first-order chi connectivity index (χ1) is 4.85. The molecule has 0 aromatic carbocycles. The zero-order chi connectivity index (χ0) is 7.82. The van der Waals surface area contributed by atoms with Crippen LogP contribution in [0.4, 0.5) is 0 Å². The molecule has 1 N–H and O–H groups in total. The molecule has 0 fully saturated rings. The third kappa shape index (κ3) is 4.89. The highest BCUT2D eigenvalue weighted by Gasteiger charge is 1.98. The number of nitrogens with one attached hydrogen (secondary N) is 1. The normalized spacial score (nSPS) is 13.0. The fraction of sp³-hybridized carbons (Fsp3) is 0.750. The van der Waals surface area contributed by atoms with Crippen molar-refractivity contribution >= 4 is 11.8 Å². The van der Waals surface area contributed by atoms with E-state index in [1.165, 1.54) is 5.75 Å². The van der Waals surface area contributed by atoms with E-state index in [0.717, 1.165) is 12.3 Å². The van der Waals surface area contributed by atoms with Gasteiger partial charge >= 0.3 is 0 Å². The molecule has 1 atom stereocenters. The summed E-state index contributed by atoms with van der Waals surface area (Å²) in [7, 11) is 0. The van der Waals surface area contributed by atoms with Crippen molar-refractivity contribution in [2.45, 2.75) is 19.9 Å². The molecular weight excluding hydrogens is 142 g/mol. The predicted molar refractivity (Wildman–Crippen MR) is 50.7 cm³/mol. The van der Waals surface area contributed by atoms with Gasteiger partial charge in [-0.3, -0.25) is 0 Å². The summed E-state index contributed by atoms with van der Waals surface area (Å²) in [4.78, 5) is 0. The maximum Gasteiger partial charge on any atom is 0.0338 e. The number of hydrogen-bond donors (Lipinski definition) is 1. The minimum atomic E-state index is 0.495. The van der Waals surface area contributed by atoms with Gasteiger partial charge in [-0.2, -0.15) is 11.8 Å². The van der Waals surface area contributed by atoms with E-state index in [2.05, 4.69) is 25.7 Å². The molecule has 0 aliphatic carbocycles. The van der Waals surface area contributed by atoms with Crippen molar-refractivity contribution < 1.29 is 0 Å². The van der Waals surface area contributed by atoms with Crippen LogP contribution in [0.5, 0.6) is 0 Å². The van der Waals surface area contributed by atoms with Gasteiger partial charge < -0.3 is 5.32 Å². The van der Waals surface area contributed by atoms with Gasteiger partial charge in [-0.05, 0) is 12.3 Å². The largest absolute Gasteiger partial charge is 0.310 e.